The minimum absolute atomic E-state index is 0.127. The quantitative estimate of drug-likeness (QED) is 0.709. The molecule has 0 aromatic carbocycles. The standard InChI is InChI=1S/C10H14N2O3S/c1-10(2,3)15-9(14)11-12-5-4-7(16)6-8(12)13/h4-5H,6H2,1-3H3,(H,11,14). The summed E-state index contributed by atoms with van der Waals surface area (Å²) in [5.41, 5.74) is 1.73. The molecule has 1 aliphatic heterocycles. The zero-order valence-electron chi connectivity index (χ0n) is 9.44. The smallest absolute Gasteiger partial charge is 0.427 e. The van der Waals surface area contributed by atoms with Gasteiger partial charge in [0.1, 0.15) is 5.60 Å². The molecule has 5 nitrogen and oxygen atoms in total. The predicted octanol–water partition coefficient (Wildman–Crippen LogP) is 1.54. The molecule has 6 heteroatoms. The van der Waals surface area contributed by atoms with E-state index in [4.69, 9.17) is 17.0 Å². The lowest BCUT2D eigenvalue weighted by Crippen LogP contribution is -2.46. The number of rotatable bonds is 1. The molecule has 0 aromatic heterocycles. The number of hydrogen-bond acceptors (Lipinski definition) is 4. The molecular formula is C10H14N2O3S. The third-order valence-corrected chi connectivity index (χ3v) is 1.89. The van der Waals surface area contributed by atoms with Crippen LogP contribution in [0.4, 0.5) is 4.79 Å². The van der Waals surface area contributed by atoms with Crippen molar-refractivity contribution in [3.8, 4) is 0 Å². The summed E-state index contributed by atoms with van der Waals surface area (Å²) in [6.45, 7) is 5.24. The van der Waals surface area contributed by atoms with Crippen LogP contribution in [0.15, 0.2) is 12.3 Å². The van der Waals surface area contributed by atoms with Gasteiger partial charge in [0.25, 0.3) is 5.91 Å². The van der Waals surface area contributed by atoms with Crippen molar-refractivity contribution < 1.29 is 14.3 Å². The van der Waals surface area contributed by atoms with Crippen molar-refractivity contribution in [3.63, 3.8) is 0 Å². The average molecular weight is 242 g/mol. The van der Waals surface area contributed by atoms with E-state index in [-0.39, 0.29) is 12.3 Å². The van der Waals surface area contributed by atoms with Crippen LogP contribution in [0.1, 0.15) is 27.2 Å². The SMILES string of the molecule is CC(C)(C)OC(=O)NN1C=CC(=S)CC1=O. The number of thiocarbonyl (C=S) groups is 1. The van der Waals surface area contributed by atoms with E-state index in [0.717, 1.165) is 5.01 Å². The van der Waals surface area contributed by atoms with Crippen LogP contribution in [0.25, 0.3) is 0 Å². The second kappa shape index (κ2) is 4.61. The van der Waals surface area contributed by atoms with E-state index in [2.05, 4.69) is 5.43 Å². The topological polar surface area (TPSA) is 58.6 Å². The first-order valence-corrected chi connectivity index (χ1v) is 5.21. The van der Waals surface area contributed by atoms with Gasteiger partial charge in [-0.05, 0) is 26.8 Å². The first-order chi connectivity index (χ1) is 7.28. The molecule has 0 unspecified atom stereocenters. The van der Waals surface area contributed by atoms with Crippen molar-refractivity contribution >= 4 is 29.1 Å². The highest BCUT2D eigenvalue weighted by atomic mass is 32.1. The minimum Gasteiger partial charge on any atom is -0.443 e. The van der Waals surface area contributed by atoms with Crippen LogP contribution in [-0.4, -0.2) is 27.5 Å². The van der Waals surface area contributed by atoms with Gasteiger partial charge in [-0.15, -0.1) is 0 Å². The van der Waals surface area contributed by atoms with Gasteiger partial charge in [0, 0.05) is 11.1 Å². The summed E-state index contributed by atoms with van der Waals surface area (Å²) in [6.07, 6.45) is 2.46. The Bertz CT molecular complexity index is 358. The molecule has 0 atom stereocenters. The summed E-state index contributed by atoms with van der Waals surface area (Å²) >= 11 is 4.86. The normalized spacial score (nSPS) is 16.3. The van der Waals surface area contributed by atoms with Crippen LogP contribution in [0.2, 0.25) is 0 Å². The number of hydrazine groups is 1. The first kappa shape index (κ1) is 12.6. The van der Waals surface area contributed by atoms with Gasteiger partial charge in [0.2, 0.25) is 0 Å². The molecule has 16 heavy (non-hydrogen) atoms. The van der Waals surface area contributed by atoms with Gasteiger partial charge in [-0.2, -0.15) is 0 Å². The van der Waals surface area contributed by atoms with Crippen molar-refractivity contribution in [2.75, 3.05) is 0 Å². The highest BCUT2D eigenvalue weighted by Crippen LogP contribution is 2.08. The molecule has 0 bridgehead atoms. The van der Waals surface area contributed by atoms with Crippen molar-refractivity contribution in [1.82, 2.24) is 10.4 Å². The fourth-order valence-corrected chi connectivity index (χ4v) is 1.22. The highest BCUT2D eigenvalue weighted by molar-refractivity contribution is 7.80. The Hall–Kier alpha value is -1.43. The van der Waals surface area contributed by atoms with Crippen molar-refractivity contribution in [2.45, 2.75) is 32.8 Å². The fourth-order valence-electron chi connectivity index (χ4n) is 1.03. The summed E-state index contributed by atoms with van der Waals surface area (Å²) in [5, 5.41) is 1.07. The number of hydrogen-bond donors (Lipinski definition) is 1. The van der Waals surface area contributed by atoms with Crippen LogP contribution < -0.4 is 5.43 Å². The van der Waals surface area contributed by atoms with E-state index >= 15 is 0 Å². The van der Waals surface area contributed by atoms with Gasteiger partial charge in [0.05, 0.1) is 6.42 Å². The number of nitrogens with one attached hydrogen (secondary N) is 1. The number of nitrogens with zero attached hydrogens (tertiary/aromatic N) is 1. The number of carbonyl (C=O) groups excluding carboxylic acids is 2. The van der Waals surface area contributed by atoms with Gasteiger partial charge < -0.3 is 4.74 Å². The molecule has 0 saturated heterocycles. The second-order valence-electron chi connectivity index (χ2n) is 4.34. The lowest BCUT2D eigenvalue weighted by atomic mass is 10.2. The summed E-state index contributed by atoms with van der Waals surface area (Å²) < 4.78 is 5.00. The third kappa shape index (κ3) is 3.98. The Morgan fingerprint density at radius 2 is 2.19 bits per heavy atom. The van der Waals surface area contributed by atoms with E-state index < -0.39 is 11.7 Å². The summed E-state index contributed by atoms with van der Waals surface area (Å²) in [7, 11) is 0. The lowest BCUT2D eigenvalue weighted by Gasteiger charge is -2.25. The van der Waals surface area contributed by atoms with Crippen LogP contribution in [0.5, 0.6) is 0 Å². The molecule has 2 amide bonds. The molecule has 1 aliphatic rings. The van der Waals surface area contributed by atoms with Gasteiger partial charge in [0.15, 0.2) is 0 Å². The lowest BCUT2D eigenvalue weighted by molar-refractivity contribution is -0.130. The van der Waals surface area contributed by atoms with Crippen LogP contribution >= 0.6 is 12.2 Å². The maximum Gasteiger partial charge on any atom is 0.427 e. The Morgan fingerprint density at radius 3 is 2.69 bits per heavy atom. The number of allylic oxidation sites excluding steroid dienone is 1. The van der Waals surface area contributed by atoms with Crippen LogP contribution in [0, 0.1) is 0 Å². The molecule has 1 heterocycles. The molecule has 0 saturated carbocycles. The monoisotopic (exact) mass is 242 g/mol. The molecule has 0 spiro atoms. The molecule has 1 N–H and O–H groups in total. The van der Waals surface area contributed by atoms with Crippen LogP contribution in [-0.2, 0) is 9.53 Å². The Morgan fingerprint density at radius 1 is 1.56 bits per heavy atom. The van der Waals surface area contributed by atoms with Gasteiger partial charge in [-0.3, -0.25) is 4.79 Å². The predicted molar refractivity (Wildman–Crippen MR) is 62.6 cm³/mol. The number of carbonyl (C=O) groups is 2. The molecular weight excluding hydrogens is 228 g/mol. The Kier molecular flexibility index (Phi) is 3.64. The van der Waals surface area contributed by atoms with Gasteiger partial charge in [-0.1, -0.05) is 12.2 Å². The van der Waals surface area contributed by atoms with Crippen molar-refractivity contribution in [1.29, 1.82) is 0 Å². The molecule has 0 fully saturated rings. The molecule has 0 aliphatic carbocycles. The van der Waals surface area contributed by atoms with E-state index in [9.17, 15) is 9.59 Å². The Labute approximate surface area is 99.4 Å². The summed E-state index contributed by atoms with van der Waals surface area (Å²) in [4.78, 5) is 23.3. The maximum atomic E-state index is 11.4. The van der Waals surface area contributed by atoms with E-state index in [0.29, 0.717) is 4.86 Å². The van der Waals surface area contributed by atoms with Gasteiger partial charge >= 0.3 is 6.09 Å². The molecule has 0 radical (unpaired) electrons. The summed E-state index contributed by atoms with van der Waals surface area (Å²) in [6, 6.07) is 0. The molecule has 88 valence electrons. The van der Waals surface area contributed by atoms with Crippen molar-refractivity contribution in [3.05, 3.63) is 12.3 Å². The molecule has 1 rings (SSSR count). The van der Waals surface area contributed by atoms with Crippen molar-refractivity contribution in [2.24, 2.45) is 0 Å². The van der Waals surface area contributed by atoms with Crippen LogP contribution in [0.3, 0.4) is 0 Å². The zero-order chi connectivity index (χ0) is 12.3. The third-order valence-electron chi connectivity index (χ3n) is 1.61. The van der Waals surface area contributed by atoms with E-state index in [1.165, 1.54) is 6.20 Å². The second-order valence-corrected chi connectivity index (χ2v) is 4.86. The van der Waals surface area contributed by atoms with E-state index in [1.807, 2.05) is 0 Å². The first-order valence-electron chi connectivity index (χ1n) is 4.81. The highest BCUT2D eigenvalue weighted by Gasteiger charge is 2.22. The number of amides is 2. The van der Waals surface area contributed by atoms with E-state index in [1.54, 1.807) is 26.8 Å². The number of ether oxygens (including phenoxy) is 1. The minimum atomic E-state index is -0.668. The van der Waals surface area contributed by atoms with Gasteiger partial charge in [-0.25, -0.2) is 15.2 Å². The summed E-state index contributed by atoms with van der Waals surface area (Å²) in [5.74, 6) is -0.279. The zero-order valence-corrected chi connectivity index (χ0v) is 10.3. The molecule has 0 aromatic rings. The average Bonchev–Trinajstić information content (AvgIpc) is 2.06. The maximum absolute atomic E-state index is 11.4. The fraction of sp³-hybridized carbons (Fsp3) is 0.500. The largest absolute Gasteiger partial charge is 0.443 e. The Balaban J connectivity index is 2.55.